The predicted octanol–water partition coefficient (Wildman–Crippen LogP) is 2.79. The van der Waals surface area contributed by atoms with E-state index in [0.717, 1.165) is 35.5 Å². The van der Waals surface area contributed by atoms with Crippen molar-refractivity contribution in [1.29, 1.82) is 0 Å². The van der Waals surface area contributed by atoms with Crippen molar-refractivity contribution in [3.8, 4) is 0 Å². The van der Waals surface area contributed by atoms with Crippen molar-refractivity contribution in [3.05, 3.63) is 51.8 Å². The van der Waals surface area contributed by atoms with Gasteiger partial charge in [0.05, 0.1) is 29.9 Å². The maximum Gasteiger partial charge on any atom is 0.253 e. The van der Waals surface area contributed by atoms with Gasteiger partial charge in [-0.2, -0.15) is 0 Å². The molecule has 1 saturated heterocycles. The van der Waals surface area contributed by atoms with E-state index in [1.165, 1.54) is 10.4 Å². The van der Waals surface area contributed by atoms with E-state index >= 15 is 0 Å². The van der Waals surface area contributed by atoms with Gasteiger partial charge in [0.15, 0.2) is 11.9 Å². The number of benzene rings is 1. The van der Waals surface area contributed by atoms with Crippen LogP contribution >= 0.6 is 11.3 Å². The number of aromatic nitrogens is 2. The highest BCUT2D eigenvalue weighted by molar-refractivity contribution is 7.10. The molecule has 2 aliphatic heterocycles. The van der Waals surface area contributed by atoms with Crippen molar-refractivity contribution < 1.29 is 9.53 Å². The van der Waals surface area contributed by atoms with Crippen LogP contribution in [0.5, 0.6) is 0 Å². The number of morpholine rings is 1. The van der Waals surface area contributed by atoms with Crippen LogP contribution in [0.1, 0.15) is 16.1 Å². The molecule has 0 saturated carbocycles. The number of hydrogen-bond donors (Lipinski definition) is 0. The number of anilines is 1. The average molecular weight is 395 g/mol. The number of fused-ring (bicyclic) bond motifs is 2. The third-order valence-corrected chi connectivity index (χ3v) is 6.50. The Hall–Kier alpha value is -2.51. The Labute approximate surface area is 167 Å². The molecule has 1 amide bonds. The predicted molar refractivity (Wildman–Crippen MR) is 110 cm³/mol. The molecule has 0 bridgehead atoms. The fraction of sp³-hybridized carbons (Fsp3) is 0.381. The summed E-state index contributed by atoms with van der Waals surface area (Å²) < 4.78 is 5.86. The van der Waals surface area contributed by atoms with E-state index in [1.54, 1.807) is 11.3 Å². The molecular weight excluding hydrogens is 372 g/mol. The van der Waals surface area contributed by atoms with Crippen LogP contribution in [0.2, 0.25) is 0 Å². The summed E-state index contributed by atoms with van der Waals surface area (Å²) in [5, 5.41) is 2.11. The van der Waals surface area contributed by atoms with Gasteiger partial charge >= 0.3 is 0 Å². The highest BCUT2D eigenvalue weighted by Crippen LogP contribution is 2.26. The molecule has 2 aliphatic rings. The maximum absolute atomic E-state index is 13.1. The molecular formula is C21H22N4O2S. The van der Waals surface area contributed by atoms with Gasteiger partial charge < -0.3 is 14.5 Å². The fourth-order valence-corrected chi connectivity index (χ4v) is 4.90. The number of hydrogen-bond acceptors (Lipinski definition) is 6. The first-order valence-electron chi connectivity index (χ1n) is 9.63. The van der Waals surface area contributed by atoms with E-state index in [-0.39, 0.29) is 5.91 Å². The first kappa shape index (κ1) is 17.6. The zero-order valence-corrected chi connectivity index (χ0v) is 16.6. The van der Waals surface area contributed by atoms with Gasteiger partial charge in [0.2, 0.25) is 0 Å². The number of carbonyl (C=O) groups excluding carboxylic acids is 1. The molecule has 144 valence electrons. The second kappa shape index (κ2) is 7.14. The van der Waals surface area contributed by atoms with Crippen LogP contribution in [0.4, 0.5) is 5.82 Å². The standard InChI is InChI=1S/C21H22N4O2S/c1-14-20(23-17-5-3-2-4-16(17)22-14)24-9-10-27-18(13-24)21(26)25-8-6-19-15(12-25)7-11-28-19/h2-5,7,11,18H,6,8-10,12-13H2,1H3. The Bertz CT molecular complexity index is 1030. The van der Waals surface area contributed by atoms with Crippen molar-refractivity contribution in [1.82, 2.24) is 14.9 Å². The fourth-order valence-electron chi connectivity index (χ4n) is 4.01. The molecule has 5 rings (SSSR count). The number of rotatable bonds is 2. The van der Waals surface area contributed by atoms with Crippen molar-refractivity contribution in [2.45, 2.75) is 26.0 Å². The van der Waals surface area contributed by atoms with Gasteiger partial charge in [-0.15, -0.1) is 11.3 Å². The third kappa shape index (κ3) is 3.14. The van der Waals surface area contributed by atoms with Gasteiger partial charge in [0, 0.05) is 24.5 Å². The lowest BCUT2D eigenvalue weighted by Crippen LogP contribution is -2.52. The molecule has 2 aromatic heterocycles. The molecule has 0 radical (unpaired) electrons. The van der Waals surface area contributed by atoms with Gasteiger partial charge in [-0.1, -0.05) is 12.1 Å². The van der Waals surface area contributed by atoms with Gasteiger partial charge in [-0.25, -0.2) is 9.97 Å². The summed E-state index contributed by atoms with van der Waals surface area (Å²) in [4.78, 5) is 28.1. The van der Waals surface area contributed by atoms with Crippen molar-refractivity contribution in [2.24, 2.45) is 0 Å². The molecule has 4 heterocycles. The van der Waals surface area contributed by atoms with Gasteiger partial charge in [-0.05, 0) is 42.5 Å². The highest BCUT2D eigenvalue weighted by Gasteiger charge is 2.33. The summed E-state index contributed by atoms with van der Waals surface area (Å²) >= 11 is 1.78. The van der Waals surface area contributed by atoms with E-state index in [4.69, 9.17) is 14.7 Å². The largest absolute Gasteiger partial charge is 0.365 e. The summed E-state index contributed by atoms with van der Waals surface area (Å²) in [6, 6.07) is 10.0. The molecule has 7 heteroatoms. The van der Waals surface area contributed by atoms with Crippen molar-refractivity contribution in [3.63, 3.8) is 0 Å². The Morgan fingerprint density at radius 2 is 2.00 bits per heavy atom. The van der Waals surface area contributed by atoms with Gasteiger partial charge in [0.25, 0.3) is 5.91 Å². The lowest BCUT2D eigenvalue weighted by molar-refractivity contribution is -0.145. The lowest BCUT2D eigenvalue weighted by Gasteiger charge is -2.37. The summed E-state index contributed by atoms with van der Waals surface area (Å²) in [6.45, 7) is 5.17. The molecule has 6 nitrogen and oxygen atoms in total. The monoisotopic (exact) mass is 394 g/mol. The number of carbonyl (C=O) groups is 1. The zero-order valence-electron chi connectivity index (χ0n) is 15.8. The van der Waals surface area contributed by atoms with Crippen molar-refractivity contribution in [2.75, 3.05) is 31.1 Å². The molecule has 3 aromatic rings. The van der Waals surface area contributed by atoms with Crippen LogP contribution in [0, 0.1) is 6.92 Å². The van der Waals surface area contributed by atoms with Crippen LogP contribution in [-0.2, 0) is 22.5 Å². The number of thiophene rings is 1. The molecule has 1 unspecified atom stereocenters. The van der Waals surface area contributed by atoms with Crippen molar-refractivity contribution >= 4 is 34.1 Å². The first-order chi connectivity index (χ1) is 13.7. The molecule has 0 aliphatic carbocycles. The smallest absolute Gasteiger partial charge is 0.253 e. The third-order valence-electron chi connectivity index (χ3n) is 5.48. The van der Waals surface area contributed by atoms with Gasteiger partial charge in [0.1, 0.15) is 0 Å². The number of nitrogens with zero attached hydrogens (tertiary/aromatic N) is 4. The minimum Gasteiger partial charge on any atom is -0.365 e. The molecule has 0 N–H and O–H groups in total. The highest BCUT2D eigenvalue weighted by atomic mass is 32.1. The Balaban J connectivity index is 1.35. The lowest BCUT2D eigenvalue weighted by atomic mass is 10.1. The molecule has 0 spiro atoms. The van der Waals surface area contributed by atoms with Crippen LogP contribution in [0.15, 0.2) is 35.7 Å². The number of ether oxygens (including phenoxy) is 1. The van der Waals surface area contributed by atoms with E-state index in [1.807, 2.05) is 36.1 Å². The second-order valence-electron chi connectivity index (χ2n) is 7.31. The quantitative estimate of drug-likeness (QED) is 0.669. The van der Waals surface area contributed by atoms with E-state index in [2.05, 4.69) is 16.3 Å². The minimum absolute atomic E-state index is 0.0768. The molecule has 28 heavy (non-hydrogen) atoms. The van der Waals surface area contributed by atoms with Crippen LogP contribution < -0.4 is 4.90 Å². The van der Waals surface area contributed by atoms with Crippen LogP contribution in [0.3, 0.4) is 0 Å². The zero-order chi connectivity index (χ0) is 19.1. The first-order valence-corrected chi connectivity index (χ1v) is 10.5. The Morgan fingerprint density at radius 3 is 2.86 bits per heavy atom. The average Bonchev–Trinajstić information content (AvgIpc) is 3.20. The van der Waals surface area contributed by atoms with E-state index < -0.39 is 6.10 Å². The molecule has 1 fully saturated rings. The number of aryl methyl sites for hydroxylation is 1. The maximum atomic E-state index is 13.1. The van der Waals surface area contributed by atoms with Crippen LogP contribution in [-0.4, -0.2) is 53.1 Å². The number of amides is 1. The van der Waals surface area contributed by atoms with Crippen LogP contribution in [0.25, 0.3) is 11.0 Å². The Kier molecular flexibility index (Phi) is 4.49. The summed E-state index contributed by atoms with van der Waals surface area (Å²) in [5.41, 5.74) is 3.92. The topological polar surface area (TPSA) is 58.6 Å². The normalized spacial score (nSPS) is 19.7. The summed E-state index contributed by atoms with van der Waals surface area (Å²) in [6.07, 6.45) is 0.478. The SMILES string of the molecule is Cc1nc2ccccc2nc1N1CCOC(C(=O)N2CCc3sccc3C2)C1. The number of para-hydroxylation sites is 2. The Morgan fingerprint density at radius 1 is 1.18 bits per heavy atom. The summed E-state index contributed by atoms with van der Waals surface area (Å²) in [5.74, 6) is 0.923. The van der Waals surface area contributed by atoms with E-state index in [0.29, 0.717) is 26.2 Å². The minimum atomic E-state index is -0.457. The van der Waals surface area contributed by atoms with E-state index in [9.17, 15) is 4.79 Å². The van der Waals surface area contributed by atoms with Gasteiger partial charge in [-0.3, -0.25) is 4.79 Å². The second-order valence-corrected chi connectivity index (χ2v) is 8.31. The molecule has 1 atom stereocenters. The molecule has 1 aromatic carbocycles. The summed E-state index contributed by atoms with van der Waals surface area (Å²) in [7, 11) is 0.